The fraction of sp³-hybridized carbons (Fsp3) is 0.280. The van der Waals surface area contributed by atoms with E-state index in [0.29, 0.717) is 43.4 Å². The topological polar surface area (TPSA) is 135 Å². The van der Waals surface area contributed by atoms with Crippen molar-refractivity contribution in [3.8, 4) is 28.5 Å². The SMILES string of the molecule is Cl.N#Cc1cccc(-c2ccc(=O)n(C[C@@H]3CN(c4ncc(-c5cnn(CCO)c5)cn4)CCO3)n2)c1. The lowest BCUT2D eigenvalue weighted by Gasteiger charge is -2.33. The van der Waals surface area contributed by atoms with Gasteiger partial charge < -0.3 is 14.7 Å². The molecule has 0 amide bonds. The molecule has 11 nitrogen and oxygen atoms in total. The van der Waals surface area contributed by atoms with Crippen LogP contribution in [0.2, 0.25) is 0 Å². The number of benzene rings is 1. The van der Waals surface area contributed by atoms with Crippen molar-refractivity contribution < 1.29 is 9.84 Å². The fourth-order valence-corrected chi connectivity index (χ4v) is 4.06. The van der Waals surface area contributed by atoms with E-state index < -0.39 is 0 Å². The van der Waals surface area contributed by atoms with Crippen molar-refractivity contribution in [1.29, 1.82) is 5.26 Å². The highest BCUT2D eigenvalue weighted by molar-refractivity contribution is 5.85. The van der Waals surface area contributed by atoms with Crippen LogP contribution in [0.5, 0.6) is 0 Å². The molecular weight excluding hydrogens is 496 g/mol. The molecule has 12 heteroatoms. The van der Waals surface area contributed by atoms with Gasteiger partial charge in [0.25, 0.3) is 5.56 Å². The number of ether oxygens (including phenoxy) is 1. The number of aliphatic hydroxyl groups is 1. The summed E-state index contributed by atoms with van der Waals surface area (Å²) < 4.78 is 8.99. The maximum atomic E-state index is 12.5. The molecule has 0 aliphatic carbocycles. The van der Waals surface area contributed by atoms with Gasteiger partial charge in [0.05, 0.1) is 55.9 Å². The third-order valence-electron chi connectivity index (χ3n) is 5.89. The number of morpholine rings is 1. The standard InChI is InChI=1S/C25H24N8O3.ClH/c26-11-18-2-1-3-19(10-18)23-4-5-24(35)33(30-23)17-22-16-31(7-9-36-22)25-27-12-20(13-28-25)21-14-29-32(15-21)6-8-34;/h1-5,10,12-15,22,34H,6-9,16-17H2;1H/t22-;/m0./s1. The molecule has 1 saturated heterocycles. The molecule has 1 aliphatic rings. The molecule has 1 aliphatic heterocycles. The van der Waals surface area contributed by atoms with Crippen LogP contribution in [0, 0.1) is 11.3 Å². The van der Waals surface area contributed by atoms with E-state index in [0.717, 1.165) is 16.7 Å². The monoisotopic (exact) mass is 520 g/mol. The Balaban J connectivity index is 0.00000320. The minimum Gasteiger partial charge on any atom is -0.394 e. The molecule has 0 unspecified atom stereocenters. The predicted octanol–water partition coefficient (Wildman–Crippen LogP) is 1.75. The lowest BCUT2D eigenvalue weighted by atomic mass is 10.1. The largest absolute Gasteiger partial charge is 0.394 e. The van der Waals surface area contributed by atoms with E-state index in [2.05, 4.69) is 26.2 Å². The van der Waals surface area contributed by atoms with Crippen molar-refractivity contribution in [3.05, 3.63) is 77.1 Å². The minimum atomic E-state index is -0.273. The third kappa shape index (κ3) is 6.00. The lowest BCUT2D eigenvalue weighted by Crippen LogP contribution is -2.46. The van der Waals surface area contributed by atoms with Crippen LogP contribution in [-0.4, -0.2) is 67.0 Å². The van der Waals surface area contributed by atoms with Crippen LogP contribution in [0.1, 0.15) is 5.56 Å². The molecule has 0 saturated carbocycles. The Kier molecular flexibility index (Phi) is 8.25. The van der Waals surface area contributed by atoms with E-state index >= 15 is 0 Å². The Morgan fingerprint density at radius 3 is 2.73 bits per heavy atom. The first-order valence-electron chi connectivity index (χ1n) is 11.5. The molecule has 4 aromatic rings. The number of halogens is 1. The Morgan fingerprint density at radius 2 is 1.95 bits per heavy atom. The highest BCUT2D eigenvalue weighted by atomic mass is 35.5. The zero-order valence-electron chi connectivity index (χ0n) is 19.8. The Hall–Kier alpha value is -4.11. The smallest absolute Gasteiger partial charge is 0.266 e. The molecule has 190 valence electrons. The first-order chi connectivity index (χ1) is 17.6. The van der Waals surface area contributed by atoms with Crippen LogP contribution in [0.4, 0.5) is 5.95 Å². The average molecular weight is 521 g/mol. The number of nitrogens with zero attached hydrogens (tertiary/aromatic N) is 8. The van der Waals surface area contributed by atoms with Crippen LogP contribution in [0.3, 0.4) is 0 Å². The van der Waals surface area contributed by atoms with Crippen LogP contribution in [0.15, 0.2) is 66.0 Å². The van der Waals surface area contributed by atoms with Crippen molar-refractivity contribution in [3.63, 3.8) is 0 Å². The molecule has 3 aromatic heterocycles. The number of nitriles is 1. The second-order valence-electron chi connectivity index (χ2n) is 8.36. The van der Waals surface area contributed by atoms with Crippen molar-refractivity contribution >= 4 is 18.4 Å². The second-order valence-corrected chi connectivity index (χ2v) is 8.36. The number of rotatable bonds is 7. The van der Waals surface area contributed by atoms with Gasteiger partial charge in [-0.2, -0.15) is 15.5 Å². The van der Waals surface area contributed by atoms with Gasteiger partial charge in [0.1, 0.15) is 0 Å². The number of aliphatic hydroxyl groups excluding tert-OH is 1. The highest BCUT2D eigenvalue weighted by Crippen LogP contribution is 2.20. The third-order valence-corrected chi connectivity index (χ3v) is 5.89. The summed E-state index contributed by atoms with van der Waals surface area (Å²) in [5, 5.41) is 27.0. The van der Waals surface area contributed by atoms with E-state index in [9.17, 15) is 4.79 Å². The molecule has 4 heterocycles. The molecule has 5 rings (SSSR count). The Labute approximate surface area is 219 Å². The van der Waals surface area contributed by atoms with Crippen LogP contribution < -0.4 is 10.5 Å². The minimum absolute atomic E-state index is 0. The van der Waals surface area contributed by atoms with Crippen LogP contribution in [-0.2, 0) is 17.8 Å². The van der Waals surface area contributed by atoms with Gasteiger partial charge in [0.2, 0.25) is 5.95 Å². The van der Waals surface area contributed by atoms with Crippen LogP contribution in [0.25, 0.3) is 22.4 Å². The van der Waals surface area contributed by atoms with Gasteiger partial charge in [-0.1, -0.05) is 12.1 Å². The van der Waals surface area contributed by atoms with Crippen molar-refractivity contribution in [2.24, 2.45) is 0 Å². The van der Waals surface area contributed by atoms with E-state index in [1.807, 2.05) is 17.2 Å². The summed E-state index contributed by atoms with van der Waals surface area (Å²) in [4.78, 5) is 23.6. The van der Waals surface area contributed by atoms with Crippen molar-refractivity contribution in [1.82, 2.24) is 29.5 Å². The highest BCUT2D eigenvalue weighted by Gasteiger charge is 2.24. The van der Waals surface area contributed by atoms with Gasteiger partial charge >= 0.3 is 0 Å². The Bertz CT molecular complexity index is 1450. The number of anilines is 1. The first-order valence-corrected chi connectivity index (χ1v) is 11.5. The molecule has 1 fully saturated rings. The maximum absolute atomic E-state index is 12.5. The van der Waals surface area contributed by atoms with Gasteiger partial charge in [0.15, 0.2) is 0 Å². The molecule has 0 bridgehead atoms. The molecule has 1 aromatic carbocycles. The molecule has 37 heavy (non-hydrogen) atoms. The van der Waals surface area contributed by atoms with Crippen molar-refractivity contribution in [2.75, 3.05) is 31.2 Å². The summed E-state index contributed by atoms with van der Waals surface area (Å²) in [7, 11) is 0. The van der Waals surface area contributed by atoms with Gasteiger partial charge in [-0.15, -0.1) is 12.4 Å². The quantitative estimate of drug-likeness (QED) is 0.386. The summed E-state index contributed by atoms with van der Waals surface area (Å²) in [5.41, 5.74) is 3.40. The summed E-state index contributed by atoms with van der Waals surface area (Å²) in [6.07, 6.45) is 6.78. The van der Waals surface area contributed by atoms with E-state index in [4.69, 9.17) is 15.1 Å². The summed E-state index contributed by atoms with van der Waals surface area (Å²) >= 11 is 0. The zero-order valence-corrected chi connectivity index (χ0v) is 20.7. The normalized spacial score (nSPS) is 15.1. The molecular formula is C25H25ClN8O3. The van der Waals surface area contributed by atoms with E-state index in [-0.39, 0.29) is 37.2 Å². The number of hydrogen-bond acceptors (Lipinski definition) is 9. The Morgan fingerprint density at radius 1 is 1.11 bits per heavy atom. The van der Waals surface area contributed by atoms with E-state index in [1.54, 1.807) is 47.5 Å². The van der Waals surface area contributed by atoms with Gasteiger partial charge in [0, 0.05) is 54.4 Å². The molecule has 1 N–H and O–H groups in total. The first kappa shape index (κ1) is 26.0. The molecule has 1 atom stereocenters. The molecule has 0 spiro atoms. The average Bonchev–Trinajstić information content (AvgIpc) is 3.39. The fourth-order valence-electron chi connectivity index (χ4n) is 4.06. The van der Waals surface area contributed by atoms with E-state index in [1.165, 1.54) is 10.7 Å². The molecule has 0 radical (unpaired) electrons. The van der Waals surface area contributed by atoms with Gasteiger partial charge in [-0.05, 0) is 18.2 Å². The number of aromatic nitrogens is 6. The van der Waals surface area contributed by atoms with Gasteiger partial charge in [-0.25, -0.2) is 14.6 Å². The van der Waals surface area contributed by atoms with Gasteiger partial charge in [-0.3, -0.25) is 9.48 Å². The summed E-state index contributed by atoms with van der Waals surface area (Å²) in [5.74, 6) is 0.581. The lowest BCUT2D eigenvalue weighted by molar-refractivity contribution is 0.0260. The van der Waals surface area contributed by atoms with Crippen molar-refractivity contribution in [2.45, 2.75) is 19.2 Å². The number of hydrogen-bond donors (Lipinski definition) is 1. The zero-order chi connectivity index (χ0) is 24.9. The predicted molar refractivity (Wildman–Crippen MR) is 138 cm³/mol. The summed E-state index contributed by atoms with van der Waals surface area (Å²) in [6, 6.07) is 12.4. The van der Waals surface area contributed by atoms with Crippen LogP contribution >= 0.6 is 12.4 Å². The summed E-state index contributed by atoms with van der Waals surface area (Å²) in [6.45, 7) is 2.35. The second kappa shape index (κ2) is 11.7. The maximum Gasteiger partial charge on any atom is 0.266 e.